The maximum atomic E-state index is 12.8. The van der Waals surface area contributed by atoms with Gasteiger partial charge in [-0.2, -0.15) is 18.2 Å². The molecule has 0 amide bonds. The quantitative estimate of drug-likeness (QED) is 0.925. The molecule has 1 aromatic heterocycles. The van der Waals surface area contributed by atoms with Crippen LogP contribution in [0.3, 0.4) is 0 Å². The van der Waals surface area contributed by atoms with Gasteiger partial charge in [0.15, 0.2) is 11.4 Å². The fraction of sp³-hybridized carbons (Fsp3) is 0.333. The van der Waals surface area contributed by atoms with Gasteiger partial charge in [0, 0.05) is 16.5 Å². The van der Waals surface area contributed by atoms with E-state index in [2.05, 4.69) is 14.7 Å². The molecule has 1 heterocycles. The Morgan fingerprint density at radius 3 is 2.33 bits per heavy atom. The summed E-state index contributed by atoms with van der Waals surface area (Å²) in [4.78, 5) is 3.69. The molecule has 114 valence electrons. The Balaban J connectivity index is 2.30. The van der Waals surface area contributed by atoms with Gasteiger partial charge < -0.3 is 10.3 Å². The summed E-state index contributed by atoms with van der Waals surface area (Å²) in [6.07, 6.45) is -4.67. The summed E-state index contributed by atoms with van der Waals surface area (Å²) in [5, 5.41) is 4.21. The van der Waals surface area contributed by atoms with Crippen LogP contribution in [0.15, 0.2) is 22.7 Å². The summed E-state index contributed by atoms with van der Waals surface area (Å²) in [6, 6.07) is 4.86. The smallest absolute Gasteiger partial charge is 0.337 e. The van der Waals surface area contributed by atoms with Gasteiger partial charge in [0.2, 0.25) is 0 Å². The van der Waals surface area contributed by atoms with E-state index in [9.17, 15) is 13.2 Å². The molecule has 0 aliphatic rings. The Kier molecular flexibility index (Phi) is 4.19. The van der Waals surface area contributed by atoms with Gasteiger partial charge in [0.25, 0.3) is 5.89 Å². The molecule has 0 aliphatic carbocycles. The highest BCUT2D eigenvalue weighted by molar-refractivity contribution is 6.36. The second-order valence-electron chi connectivity index (χ2n) is 4.59. The summed E-state index contributed by atoms with van der Waals surface area (Å²) < 4.78 is 43.0. The van der Waals surface area contributed by atoms with Gasteiger partial charge in [-0.1, -0.05) is 34.4 Å². The van der Waals surface area contributed by atoms with Gasteiger partial charge in [-0.15, -0.1) is 0 Å². The lowest BCUT2D eigenvalue weighted by Crippen LogP contribution is -2.48. The van der Waals surface area contributed by atoms with E-state index in [4.69, 9.17) is 28.9 Å². The molecular formula is C12H10Cl2F3N3O. The van der Waals surface area contributed by atoms with Crippen molar-refractivity contribution in [1.29, 1.82) is 0 Å². The molecule has 0 bridgehead atoms. The van der Waals surface area contributed by atoms with E-state index in [-0.39, 0.29) is 12.2 Å². The van der Waals surface area contributed by atoms with E-state index in [0.717, 1.165) is 6.92 Å². The summed E-state index contributed by atoms with van der Waals surface area (Å²) in [5.41, 5.74) is 2.99. The number of hydrogen-bond acceptors (Lipinski definition) is 4. The standard InChI is InChI=1S/C12H10Cl2F3N3O/c1-11(18,12(15,16)17)10-19-9(20-21-10)5-6-7(13)3-2-4-8(6)14/h2-4H,5,18H2,1H3. The minimum absolute atomic E-state index is 0.0147. The van der Waals surface area contributed by atoms with Crippen molar-refractivity contribution in [2.24, 2.45) is 5.73 Å². The summed E-state index contributed by atoms with van der Waals surface area (Å²) in [5.74, 6) is -0.700. The molecule has 0 aliphatic heterocycles. The minimum Gasteiger partial charge on any atom is -0.337 e. The van der Waals surface area contributed by atoms with Gasteiger partial charge in [-0.3, -0.25) is 0 Å². The van der Waals surface area contributed by atoms with Crippen molar-refractivity contribution in [2.75, 3.05) is 0 Å². The van der Waals surface area contributed by atoms with Crippen LogP contribution in [0.5, 0.6) is 0 Å². The number of benzene rings is 1. The average Bonchev–Trinajstić information content (AvgIpc) is 2.82. The molecule has 2 aromatic rings. The molecule has 1 atom stereocenters. The molecule has 2 N–H and O–H groups in total. The molecule has 21 heavy (non-hydrogen) atoms. The van der Waals surface area contributed by atoms with Crippen molar-refractivity contribution in [1.82, 2.24) is 10.1 Å². The van der Waals surface area contributed by atoms with E-state index < -0.39 is 17.6 Å². The Morgan fingerprint density at radius 2 is 1.81 bits per heavy atom. The Labute approximate surface area is 128 Å². The van der Waals surface area contributed by atoms with Crippen LogP contribution in [0, 0.1) is 0 Å². The Bertz CT molecular complexity index is 635. The van der Waals surface area contributed by atoms with Gasteiger partial charge in [-0.25, -0.2) is 0 Å². The zero-order valence-corrected chi connectivity index (χ0v) is 12.2. The zero-order chi connectivity index (χ0) is 15.8. The minimum atomic E-state index is -4.71. The maximum absolute atomic E-state index is 12.8. The molecule has 2 rings (SSSR count). The first-order chi connectivity index (χ1) is 9.63. The van der Waals surface area contributed by atoms with Crippen molar-refractivity contribution in [2.45, 2.75) is 25.1 Å². The third-order valence-corrected chi connectivity index (χ3v) is 3.61. The van der Waals surface area contributed by atoms with E-state index >= 15 is 0 Å². The van der Waals surface area contributed by atoms with Crippen LogP contribution in [0.2, 0.25) is 10.0 Å². The number of hydrogen-bond donors (Lipinski definition) is 1. The molecule has 0 spiro atoms. The van der Waals surface area contributed by atoms with Crippen LogP contribution in [0.4, 0.5) is 13.2 Å². The number of nitrogens with zero attached hydrogens (tertiary/aromatic N) is 2. The SMILES string of the molecule is CC(N)(c1nc(Cc2c(Cl)cccc2Cl)no1)C(F)(F)F. The molecule has 0 saturated heterocycles. The van der Waals surface area contributed by atoms with E-state index in [1.165, 1.54) is 0 Å². The Morgan fingerprint density at radius 1 is 1.24 bits per heavy atom. The first kappa shape index (κ1) is 16.1. The fourth-order valence-electron chi connectivity index (χ4n) is 1.52. The van der Waals surface area contributed by atoms with Crippen molar-refractivity contribution >= 4 is 23.2 Å². The summed E-state index contributed by atoms with van der Waals surface area (Å²) in [7, 11) is 0. The topological polar surface area (TPSA) is 64.9 Å². The van der Waals surface area contributed by atoms with Crippen molar-refractivity contribution in [3.63, 3.8) is 0 Å². The van der Waals surface area contributed by atoms with Crippen LogP contribution >= 0.6 is 23.2 Å². The molecule has 4 nitrogen and oxygen atoms in total. The summed E-state index contributed by atoms with van der Waals surface area (Å²) in [6.45, 7) is 0.757. The average molecular weight is 340 g/mol. The van der Waals surface area contributed by atoms with Crippen LogP contribution in [-0.4, -0.2) is 16.3 Å². The first-order valence-electron chi connectivity index (χ1n) is 5.74. The second-order valence-corrected chi connectivity index (χ2v) is 5.41. The Hall–Kier alpha value is -1.31. The number of halogens is 5. The normalized spacial score (nSPS) is 15.0. The van der Waals surface area contributed by atoms with Crippen LogP contribution in [-0.2, 0) is 12.0 Å². The lowest BCUT2D eigenvalue weighted by molar-refractivity contribution is -0.190. The number of alkyl halides is 3. The molecule has 0 fully saturated rings. The molecular weight excluding hydrogens is 330 g/mol. The number of aromatic nitrogens is 2. The van der Waals surface area contributed by atoms with E-state index in [1.807, 2.05) is 0 Å². The van der Waals surface area contributed by atoms with E-state index in [1.54, 1.807) is 18.2 Å². The molecule has 1 aromatic carbocycles. The van der Waals surface area contributed by atoms with Gasteiger partial charge in [0.1, 0.15) is 0 Å². The third kappa shape index (κ3) is 3.14. The third-order valence-electron chi connectivity index (χ3n) is 2.90. The van der Waals surface area contributed by atoms with Gasteiger partial charge in [-0.05, 0) is 24.6 Å². The maximum Gasteiger partial charge on any atom is 0.415 e. The number of rotatable bonds is 3. The molecule has 1 unspecified atom stereocenters. The largest absolute Gasteiger partial charge is 0.415 e. The van der Waals surface area contributed by atoms with Crippen molar-refractivity contribution in [3.8, 4) is 0 Å². The number of nitrogens with two attached hydrogens (primary N) is 1. The van der Waals surface area contributed by atoms with Crippen molar-refractivity contribution < 1.29 is 17.7 Å². The fourth-order valence-corrected chi connectivity index (χ4v) is 2.05. The zero-order valence-electron chi connectivity index (χ0n) is 10.7. The van der Waals surface area contributed by atoms with Crippen LogP contribution in [0.1, 0.15) is 24.2 Å². The molecule has 9 heteroatoms. The van der Waals surface area contributed by atoms with Crippen molar-refractivity contribution in [3.05, 3.63) is 45.5 Å². The second kappa shape index (κ2) is 5.47. The first-order valence-corrected chi connectivity index (χ1v) is 6.50. The predicted octanol–water partition coefficient (Wildman–Crippen LogP) is 3.70. The molecule has 0 saturated carbocycles. The lowest BCUT2D eigenvalue weighted by atomic mass is 10.0. The van der Waals surface area contributed by atoms with Gasteiger partial charge >= 0.3 is 6.18 Å². The highest BCUT2D eigenvalue weighted by Crippen LogP contribution is 2.35. The van der Waals surface area contributed by atoms with E-state index in [0.29, 0.717) is 15.6 Å². The highest BCUT2D eigenvalue weighted by atomic mass is 35.5. The monoisotopic (exact) mass is 339 g/mol. The van der Waals surface area contributed by atoms with Crippen LogP contribution < -0.4 is 5.73 Å². The summed E-state index contributed by atoms with van der Waals surface area (Å²) >= 11 is 11.9. The molecule has 0 radical (unpaired) electrons. The van der Waals surface area contributed by atoms with Crippen LogP contribution in [0.25, 0.3) is 0 Å². The highest BCUT2D eigenvalue weighted by Gasteiger charge is 2.53. The predicted molar refractivity (Wildman–Crippen MR) is 71.2 cm³/mol. The van der Waals surface area contributed by atoms with Gasteiger partial charge in [0.05, 0.1) is 0 Å². The lowest BCUT2D eigenvalue weighted by Gasteiger charge is -2.22.